The number of rotatable bonds is 8. The van der Waals surface area contributed by atoms with E-state index in [1.807, 2.05) is 18.2 Å². The SMILES string of the molecule is CC(C)(C)c1ccc(-n2nnnc2SCC(=O)Nc2ccc(NC(=O)Cc3c(Cl)cccc3Cl)cc2Cl)c(Cl)c1. The highest BCUT2D eigenvalue weighted by Gasteiger charge is 2.19. The third-order valence-electron chi connectivity index (χ3n) is 5.74. The van der Waals surface area contributed by atoms with Crippen LogP contribution in [-0.4, -0.2) is 37.8 Å². The molecule has 0 saturated heterocycles. The number of nitrogens with zero attached hydrogens (tertiary/aromatic N) is 4. The van der Waals surface area contributed by atoms with Crippen molar-refractivity contribution >= 4 is 81.4 Å². The summed E-state index contributed by atoms with van der Waals surface area (Å²) in [5.41, 5.74) is 3.01. The molecule has 4 rings (SSSR count). The van der Waals surface area contributed by atoms with Crippen molar-refractivity contribution in [1.82, 2.24) is 20.2 Å². The van der Waals surface area contributed by atoms with Crippen molar-refractivity contribution in [2.45, 2.75) is 37.8 Å². The number of anilines is 2. The van der Waals surface area contributed by atoms with Crippen LogP contribution < -0.4 is 10.6 Å². The van der Waals surface area contributed by atoms with Crippen molar-refractivity contribution in [3.8, 4) is 5.69 Å². The van der Waals surface area contributed by atoms with Gasteiger partial charge in [-0.15, -0.1) is 5.10 Å². The second kappa shape index (κ2) is 12.8. The highest BCUT2D eigenvalue weighted by molar-refractivity contribution is 7.99. The Kier molecular flexibility index (Phi) is 9.64. The lowest BCUT2D eigenvalue weighted by Crippen LogP contribution is -2.16. The lowest BCUT2D eigenvalue weighted by molar-refractivity contribution is -0.115. The van der Waals surface area contributed by atoms with E-state index < -0.39 is 0 Å². The second-order valence-corrected chi connectivity index (χ2v) is 12.3. The quantitative estimate of drug-likeness (QED) is 0.194. The van der Waals surface area contributed by atoms with E-state index in [0.29, 0.717) is 42.8 Å². The monoisotopic (exact) mass is 636 g/mol. The molecule has 0 radical (unpaired) electrons. The van der Waals surface area contributed by atoms with Gasteiger partial charge in [0.1, 0.15) is 0 Å². The van der Waals surface area contributed by atoms with Crippen LogP contribution in [0.15, 0.2) is 59.8 Å². The Balaban J connectivity index is 1.36. The Morgan fingerprint density at radius 1 is 0.875 bits per heavy atom. The van der Waals surface area contributed by atoms with Gasteiger partial charge in [-0.1, -0.05) is 91.1 Å². The maximum Gasteiger partial charge on any atom is 0.234 e. The zero-order chi connectivity index (χ0) is 29.0. The van der Waals surface area contributed by atoms with Gasteiger partial charge in [-0.25, -0.2) is 0 Å². The van der Waals surface area contributed by atoms with Crippen LogP contribution in [0.1, 0.15) is 31.9 Å². The molecule has 1 aromatic heterocycles. The first-order valence-electron chi connectivity index (χ1n) is 12.0. The minimum absolute atomic E-state index is 0.00272. The first-order valence-corrected chi connectivity index (χ1v) is 14.5. The summed E-state index contributed by atoms with van der Waals surface area (Å²) in [4.78, 5) is 25.2. The number of carbonyl (C=O) groups excluding carboxylic acids is 2. The third-order valence-corrected chi connectivity index (χ3v) is 7.98. The Morgan fingerprint density at radius 2 is 1.60 bits per heavy atom. The Labute approximate surface area is 255 Å². The van der Waals surface area contributed by atoms with Gasteiger partial charge >= 0.3 is 0 Å². The van der Waals surface area contributed by atoms with Gasteiger partial charge in [-0.05, 0) is 69.4 Å². The highest BCUT2D eigenvalue weighted by Crippen LogP contribution is 2.31. The van der Waals surface area contributed by atoms with Crippen LogP contribution in [0.3, 0.4) is 0 Å². The fourth-order valence-electron chi connectivity index (χ4n) is 3.64. The van der Waals surface area contributed by atoms with E-state index in [9.17, 15) is 9.59 Å². The molecule has 0 saturated carbocycles. The Morgan fingerprint density at radius 3 is 2.25 bits per heavy atom. The van der Waals surface area contributed by atoms with Crippen molar-refractivity contribution < 1.29 is 9.59 Å². The first-order chi connectivity index (χ1) is 18.9. The molecule has 0 bridgehead atoms. The predicted octanol–water partition coefficient (Wildman–Crippen LogP) is 7.49. The minimum Gasteiger partial charge on any atom is -0.326 e. The molecule has 8 nitrogen and oxygen atoms in total. The second-order valence-electron chi connectivity index (χ2n) is 9.75. The van der Waals surface area contributed by atoms with Crippen LogP contribution in [-0.2, 0) is 21.4 Å². The van der Waals surface area contributed by atoms with E-state index in [1.165, 1.54) is 4.68 Å². The summed E-state index contributed by atoms with van der Waals surface area (Å²) in [7, 11) is 0. The van der Waals surface area contributed by atoms with Gasteiger partial charge in [0.05, 0.1) is 33.6 Å². The van der Waals surface area contributed by atoms with Gasteiger partial charge in [-0.3, -0.25) is 9.59 Å². The summed E-state index contributed by atoms with van der Waals surface area (Å²) >= 11 is 26.3. The predicted molar refractivity (Wildman–Crippen MR) is 162 cm³/mol. The highest BCUT2D eigenvalue weighted by atomic mass is 35.5. The summed E-state index contributed by atoms with van der Waals surface area (Å²) in [6, 6.07) is 15.5. The van der Waals surface area contributed by atoms with E-state index in [1.54, 1.807) is 36.4 Å². The van der Waals surface area contributed by atoms with Gasteiger partial charge in [0.25, 0.3) is 0 Å². The maximum atomic E-state index is 12.7. The molecule has 0 aliphatic rings. The van der Waals surface area contributed by atoms with E-state index in [4.69, 9.17) is 46.4 Å². The summed E-state index contributed by atoms with van der Waals surface area (Å²) in [5.74, 6) is -0.614. The Bertz CT molecular complexity index is 1550. The van der Waals surface area contributed by atoms with Crippen LogP contribution in [0.5, 0.6) is 0 Å². The van der Waals surface area contributed by atoms with E-state index in [2.05, 4.69) is 46.9 Å². The van der Waals surface area contributed by atoms with Gasteiger partial charge in [-0.2, -0.15) is 4.68 Å². The van der Waals surface area contributed by atoms with Gasteiger partial charge < -0.3 is 10.6 Å². The molecule has 3 aromatic carbocycles. The van der Waals surface area contributed by atoms with Crippen LogP contribution in [0.25, 0.3) is 5.69 Å². The number of nitrogens with one attached hydrogen (secondary N) is 2. The lowest BCUT2D eigenvalue weighted by atomic mass is 9.87. The number of hydrogen-bond donors (Lipinski definition) is 2. The number of halogens is 4. The molecule has 2 N–H and O–H groups in total. The molecule has 0 aliphatic heterocycles. The molecule has 0 spiro atoms. The number of thioether (sulfide) groups is 1. The fraction of sp³-hybridized carbons (Fsp3) is 0.222. The molecule has 1 heterocycles. The van der Waals surface area contributed by atoms with Crippen molar-refractivity contribution in [2.24, 2.45) is 0 Å². The number of aromatic nitrogens is 4. The van der Waals surface area contributed by atoms with Crippen molar-refractivity contribution in [3.63, 3.8) is 0 Å². The molecule has 4 aromatic rings. The topological polar surface area (TPSA) is 102 Å². The lowest BCUT2D eigenvalue weighted by Gasteiger charge is -2.20. The van der Waals surface area contributed by atoms with Gasteiger partial charge in [0.2, 0.25) is 17.0 Å². The molecule has 0 atom stereocenters. The zero-order valence-electron chi connectivity index (χ0n) is 21.6. The molecule has 0 fully saturated rings. The van der Waals surface area contributed by atoms with E-state index in [-0.39, 0.29) is 34.4 Å². The third kappa shape index (κ3) is 7.47. The van der Waals surface area contributed by atoms with Crippen LogP contribution in [0.2, 0.25) is 20.1 Å². The van der Waals surface area contributed by atoms with Crippen LogP contribution in [0.4, 0.5) is 11.4 Å². The molecule has 2 amide bonds. The number of amides is 2. The molecule has 0 unspecified atom stereocenters. The molecular formula is C27H24Cl4N6O2S. The van der Waals surface area contributed by atoms with E-state index >= 15 is 0 Å². The summed E-state index contributed by atoms with van der Waals surface area (Å²) in [5, 5.41) is 19.3. The smallest absolute Gasteiger partial charge is 0.234 e. The average Bonchev–Trinajstić information content (AvgIpc) is 3.34. The maximum absolute atomic E-state index is 12.7. The van der Waals surface area contributed by atoms with E-state index in [0.717, 1.165) is 17.3 Å². The molecule has 208 valence electrons. The largest absolute Gasteiger partial charge is 0.326 e. The molecular weight excluding hydrogens is 614 g/mol. The van der Waals surface area contributed by atoms with Crippen LogP contribution in [0, 0.1) is 0 Å². The summed E-state index contributed by atoms with van der Waals surface area (Å²) in [6.45, 7) is 6.30. The number of hydrogen-bond acceptors (Lipinski definition) is 6. The van der Waals surface area contributed by atoms with Gasteiger partial charge in [0, 0.05) is 15.7 Å². The Hall–Kier alpha value is -2.82. The standard InChI is InChI=1S/C27H24Cl4N6O2S/c1-27(2,3)15-7-10-23(21(31)11-15)37-26(34-35-36-37)40-14-25(39)33-22-9-8-16(12-20(22)30)32-24(38)13-17-18(28)5-4-6-19(17)29/h4-12H,13-14H2,1-3H3,(H,32,38)(H,33,39). The van der Waals surface area contributed by atoms with Crippen molar-refractivity contribution in [3.05, 3.63) is 85.8 Å². The summed E-state index contributed by atoms with van der Waals surface area (Å²) in [6.07, 6.45) is -0.00272. The average molecular weight is 638 g/mol. The molecule has 0 aliphatic carbocycles. The number of benzene rings is 3. The zero-order valence-corrected chi connectivity index (χ0v) is 25.5. The normalized spacial score (nSPS) is 11.4. The first kappa shape index (κ1) is 30.1. The number of carbonyl (C=O) groups is 2. The molecule has 13 heteroatoms. The minimum atomic E-state index is -0.319. The van der Waals surface area contributed by atoms with Crippen LogP contribution >= 0.6 is 58.2 Å². The van der Waals surface area contributed by atoms with Gasteiger partial charge in [0.15, 0.2) is 0 Å². The number of tetrazole rings is 1. The van der Waals surface area contributed by atoms with Crippen molar-refractivity contribution in [1.29, 1.82) is 0 Å². The summed E-state index contributed by atoms with van der Waals surface area (Å²) < 4.78 is 1.49. The van der Waals surface area contributed by atoms with Crippen molar-refractivity contribution in [2.75, 3.05) is 16.4 Å². The fourth-order valence-corrected chi connectivity index (χ4v) is 5.35. The molecule has 40 heavy (non-hydrogen) atoms.